The normalized spacial score (nSPS) is 10.9. The molecule has 2 N–H and O–H groups in total. The third-order valence-electron chi connectivity index (χ3n) is 3.62. The van der Waals surface area contributed by atoms with Crippen molar-refractivity contribution in [2.75, 3.05) is 6.54 Å². The molecule has 2 aromatic carbocycles. The number of nitrogens with one attached hydrogen (secondary N) is 2. The number of carboxylic acids is 1. The summed E-state index contributed by atoms with van der Waals surface area (Å²) < 4.78 is 0. The largest absolute Gasteiger partial charge is 1.00 e. The topological polar surface area (TPSA) is 98.3 Å². The molecule has 0 aromatic heterocycles. The molecule has 1 atom stereocenters. The third-order valence-corrected chi connectivity index (χ3v) is 3.62. The second-order valence-corrected chi connectivity index (χ2v) is 5.48. The van der Waals surface area contributed by atoms with Gasteiger partial charge >= 0.3 is 29.6 Å². The Kier molecular flexibility index (Phi) is 9.65. The van der Waals surface area contributed by atoms with E-state index in [1.807, 2.05) is 6.07 Å². The van der Waals surface area contributed by atoms with Gasteiger partial charge in [-0.05, 0) is 37.1 Å². The van der Waals surface area contributed by atoms with E-state index in [-0.39, 0.29) is 41.9 Å². The monoisotopic (exact) mass is 362 g/mol. The molecule has 6 nitrogen and oxygen atoms in total. The minimum atomic E-state index is -1.35. The van der Waals surface area contributed by atoms with Crippen molar-refractivity contribution in [3.8, 4) is 0 Å². The summed E-state index contributed by atoms with van der Waals surface area (Å²) >= 11 is 0. The number of hydrogen-bond acceptors (Lipinski definition) is 4. The second-order valence-electron chi connectivity index (χ2n) is 5.48. The predicted molar refractivity (Wildman–Crippen MR) is 90.7 cm³/mol. The van der Waals surface area contributed by atoms with E-state index in [1.54, 1.807) is 54.6 Å². The average molecular weight is 362 g/mol. The fourth-order valence-corrected chi connectivity index (χ4v) is 2.28. The summed E-state index contributed by atoms with van der Waals surface area (Å²) in [4.78, 5) is 35.1. The van der Waals surface area contributed by atoms with Gasteiger partial charge in [0.2, 0.25) is 0 Å². The van der Waals surface area contributed by atoms with E-state index >= 15 is 0 Å². The van der Waals surface area contributed by atoms with Gasteiger partial charge in [0.25, 0.3) is 11.8 Å². The quantitative estimate of drug-likeness (QED) is 0.409. The molecule has 1 unspecified atom stereocenters. The number of carboxylic acid groups (broad SMARTS) is 1. The maximum absolute atomic E-state index is 12.0. The summed E-state index contributed by atoms with van der Waals surface area (Å²) in [5, 5.41) is 16.4. The molecule has 130 valence electrons. The van der Waals surface area contributed by atoms with Crippen LogP contribution in [-0.4, -0.2) is 30.4 Å². The first-order chi connectivity index (χ1) is 12.1. The maximum atomic E-state index is 12.0. The van der Waals surface area contributed by atoms with Crippen molar-refractivity contribution in [3.05, 3.63) is 71.8 Å². The fourth-order valence-electron chi connectivity index (χ4n) is 2.28. The second kappa shape index (κ2) is 11.5. The molecule has 0 heterocycles. The molecule has 0 saturated carbocycles. The van der Waals surface area contributed by atoms with Crippen molar-refractivity contribution in [2.45, 2.75) is 18.9 Å². The molecule has 0 bridgehead atoms. The number of carbonyl (C=O) groups excluding carboxylic acids is 3. The van der Waals surface area contributed by atoms with Crippen molar-refractivity contribution in [3.63, 3.8) is 0 Å². The van der Waals surface area contributed by atoms with E-state index in [0.29, 0.717) is 24.1 Å². The fraction of sp³-hybridized carbons (Fsp3) is 0.211. The predicted octanol–water partition coefficient (Wildman–Crippen LogP) is -2.25. The van der Waals surface area contributed by atoms with Crippen LogP contribution < -0.4 is 45.3 Å². The minimum absolute atomic E-state index is 0. The number of rotatable bonds is 8. The zero-order valence-electron chi connectivity index (χ0n) is 14.6. The van der Waals surface area contributed by atoms with Gasteiger partial charge in [0, 0.05) is 17.7 Å². The van der Waals surface area contributed by atoms with Crippen molar-refractivity contribution >= 4 is 17.8 Å². The number of hydrogen-bond donors (Lipinski definition) is 2. The van der Waals surface area contributed by atoms with Gasteiger partial charge in [-0.15, -0.1) is 0 Å². The number of amides is 2. The summed E-state index contributed by atoms with van der Waals surface area (Å²) in [5.74, 6) is -2.04. The van der Waals surface area contributed by atoms with Gasteiger partial charge in [-0.1, -0.05) is 36.4 Å². The number of carbonyl (C=O) groups is 3. The molecule has 0 aliphatic rings. The van der Waals surface area contributed by atoms with E-state index in [4.69, 9.17) is 0 Å². The zero-order valence-corrected chi connectivity index (χ0v) is 16.6. The van der Waals surface area contributed by atoms with Crippen LogP contribution in [0.15, 0.2) is 60.7 Å². The molecule has 0 aliphatic carbocycles. The molecule has 0 fully saturated rings. The van der Waals surface area contributed by atoms with Gasteiger partial charge in [-0.2, -0.15) is 0 Å². The van der Waals surface area contributed by atoms with Crippen LogP contribution in [0.4, 0.5) is 0 Å². The summed E-state index contributed by atoms with van der Waals surface area (Å²) in [6.07, 6.45) is 0.558. The Labute approximate surface area is 174 Å². The van der Waals surface area contributed by atoms with Gasteiger partial charge in [0.1, 0.15) is 0 Å². The molecule has 26 heavy (non-hydrogen) atoms. The van der Waals surface area contributed by atoms with Crippen LogP contribution in [0.25, 0.3) is 0 Å². The number of aliphatic carboxylic acids is 1. The number of benzene rings is 2. The Morgan fingerprint density at radius 1 is 0.846 bits per heavy atom. The standard InChI is InChI=1S/C19H20N2O4.Na/c22-17(14-8-3-1-4-9-14)20-13-7-12-16(19(24)25)21-18(23)15-10-5-2-6-11-15;/h1-6,8-11,16H,7,12-13H2,(H,20,22)(H,21,23)(H,24,25);/q;+1/p-1. The molecule has 2 aromatic rings. The van der Waals surface area contributed by atoms with Gasteiger partial charge in [-0.3, -0.25) is 9.59 Å². The molecular weight excluding hydrogens is 343 g/mol. The van der Waals surface area contributed by atoms with Crippen LogP contribution in [0.1, 0.15) is 33.6 Å². The van der Waals surface area contributed by atoms with Crippen LogP contribution >= 0.6 is 0 Å². The summed E-state index contributed by atoms with van der Waals surface area (Å²) in [7, 11) is 0. The third kappa shape index (κ3) is 7.00. The van der Waals surface area contributed by atoms with E-state index in [0.717, 1.165) is 0 Å². The molecule has 0 aliphatic heterocycles. The maximum Gasteiger partial charge on any atom is 1.00 e. The van der Waals surface area contributed by atoms with Crippen LogP contribution in [0, 0.1) is 0 Å². The molecule has 0 spiro atoms. The molecule has 0 saturated heterocycles. The zero-order chi connectivity index (χ0) is 18.1. The van der Waals surface area contributed by atoms with Gasteiger partial charge < -0.3 is 20.5 Å². The SMILES string of the molecule is O=C(NCCCC(NC(=O)c1ccccc1)C(=O)[O-])c1ccccc1.[Na+]. The Morgan fingerprint density at radius 3 is 1.85 bits per heavy atom. The Hall–Kier alpha value is -2.15. The van der Waals surface area contributed by atoms with Crippen LogP contribution in [0.3, 0.4) is 0 Å². The van der Waals surface area contributed by atoms with Gasteiger partial charge in [-0.25, -0.2) is 0 Å². The van der Waals surface area contributed by atoms with Crippen molar-refractivity contribution < 1.29 is 49.0 Å². The summed E-state index contributed by atoms with van der Waals surface area (Å²) in [5.41, 5.74) is 0.919. The summed E-state index contributed by atoms with van der Waals surface area (Å²) in [6, 6.07) is 16.0. The van der Waals surface area contributed by atoms with E-state index in [2.05, 4.69) is 10.6 Å². The smallest absolute Gasteiger partial charge is 0.548 e. The molecule has 7 heteroatoms. The summed E-state index contributed by atoms with van der Waals surface area (Å²) in [6.45, 7) is 0.304. The average Bonchev–Trinajstić information content (AvgIpc) is 2.65. The van der Waals surface area contributed by atoms with Crippen LogP contribution in [-0.2, 0) is 4.79 Å². The molecule has 2 amide bonds. The van der Waals surface area contributed by atoms with E-state index < -0.39 is 17.9 Å². The first kappa shape index (κ1) is 21.9. The minimum Gasteiger partial charge on any atom is -0.548 e. The van der Waals surface area contributed by atoms with Crippen molar-refractivity contribution in [2.24, 2.45) is 0 Å². The van der Waals surface area contributed by atoms with E-state index in [9.17, 15) is 19.5 Å². The first-order valence-corrected chi connectivity index (χ1v) is 7.98. The van der Waals surface area contributed by atoms with Crippen LogP contribution in [0.5, 0.6) is 0 Å². The van der Waals surface area contributed by atoms with Crippen molar-refractivity contribution in [1.82, 2.24) is 10.6 Å². The van der Waals surface area contributed by atoms with E-state index in [1.165, 1.54) is 0 Å². The molecule has 0 radical (unpaired) electrons. The Balaban J connectivity index is 0.00000338. The Bertz CT molecular complexity index is 723. The van der Waals surface area contributed by atoms with Crippen molar-refractivity contribution in [1.29, 1.82) is 0 Å². The van der Waals surface area contributed by atoms with Gasteiger partial charge in [0.05, 0.1) is 12.0 Å². The molecule has 2 rings (SSSR count). The van der Waals surface area contributed by atoms with Crippen LogP contribution in [0.2, 0.25) is 0 Å². The first-order valence-electron chi connectivity index (χ1n) is 7.98. The Morgan fingerprint density at radius 2 is 1.35 bits per heavy atom. The van der Waals surface area contributed by atoms with Gasteiger partial charge in [0.15, 0.2) is 0 Å². The molecular formula is C19H19N2NaO4.